The summed E-state index contributed by atoms with van der Waals surface area (Å²) in [7, 11) is 0. The monoisotopic (exact) mass is 339 g/mol. The van der Waals surface area contributed by atoms with Crippen LogP contribution in [0.2, 0.25) is 0 Å². The predicted octanol–water partition coefficient (Wildman–Crippen LogP) is 3.56. The van der Waals surface area contributed by atoms with Crippen LogP contribution in [-0.4, -0.2) is 17.5 Å². The molecule has 1 N–H and O–H groups in total. The number of carbonyl (C=O) groups is 2. The number of anilines is 2. The molecule has 2 aromatic rings. The van der Waals surface area contributed by atoms with E-state index in [1.54, 1.807) is 19.1 Å². The van der Waals surface area contributed by atoms with Crippen LogP contribution in [0.4, 0.5) is 15.8 Å². The Morgan fingerprint density at radius 2 is 1.96 bits per heavy atom. The molecule has 128 valence electrons. The molecule has 25 heavy (non-hydrogen) atoms. The smallest absolute Gasteiger partial charge is 0.271 e. The average Bonchev–Trinajstić information content (AvgIpc) is 2.58. The van der Waals surface area contributed by atoms with Gasteiger partial charge in [-0.25, -0.2) is 9.40 Å². The maximum Gasteiger partial charge on any atom is 0.271 e. The van der Waals surface area contributed by atoms with E-state index in [0.717, 1.165) is 11.1 Å². The fraction of sp³-hybridized carbons (Fsp3) is 0.211. The summed E-state index contributed by atoms with van der Waals surface area (Å²) in [5.74, 6) is -1.02. The van der Waals surface area contributed by atoms with Crippen molar-refractivity contribution in [3.63, 3.8) is 0 Å². The minimum absolute atomic E-state index is 0.163. The van der Waals surface area contributed by atoms with E-state index in [-0.39, 0.29) is 24.5 Å². The fourth-order valence-electron chi connectivity index (χ4n) is 2.60. The fourth-order valence-corrected chi connectivity index (χ4v) is 2.60. The molecule has 1 heterocycles. The third-order valence-corrected chi connectivity index (χ3v) is 3.99. The molecule has 5 nitrogen and oxygen atoms in total. The number of aryl methyl sites for hydroxylation is 2. The van der Waals surface area contributed by atoms with Crippen LogP contribution in [0.25, 0.3) is 0 Å². The Kier molecular flexibility index (Phi) is 4.61. The van der Waals surface area contributed by atoms with Crippen molar-refractivity contribution in [3.05, 3.63) is 59.4 Å². The lowest BCUT2D eigenvalue weighted by molar-refractivity contribution is -0.118. The molecule has 0 fully saturated rings. The molecule has 1 aliphatic rings. The molecule has 0 bridgehead atoms. The molecule has 0 aromatic heterocycles. The average molecular weight is 339 g/mol. The zero-order chi connectivity index (χ0) is 18.0. The number of hydrogen-bond acceptors (Lipinski definition) is 3. The lowest BCUT2D eigenvalue weighted by Crippen LogP contribution is -2.36. The second-order valence-corrected chi connectivity index (χ2v) is 6.00. The number of hydrogen-bond donors (Lipinski definition) is 1. The first kappa shape index (κ1) is 16.8. The van der Waals surface area contributed by atoms with E-state index < -0.39 is 11.7 Å². The summed E-state index contributed by atoms with van der Waals surface area (Å²) in [5.41, 5.74) is 3.00. The topological polar surface area (TPSA) is 61.8 Å². The summed E-state index contributed by atoms with van der Waals surface area (Å²) in [5, 5.41) is 8.14. The SMILES string of the molecule is Cc1cccc(N2N=C(C(=O)Nc3cc(F)ccc3C)CCC2=O)c1. The molecular weight excluding hydrogens is 321 g/mol. The van der Waals surface area contributed by atoms with Gasteiger partial charge < -0.3 is 5.32 Å². The summed E-state index contributed by atoms with van der Waals surface area (Å²) in [6, 6.07) is 11.5. The summed E-state index contributed by atoms with van der Waals surface area (Å²) < 4.78 is 13.4. The van der Waals surface area contributed by atoms with Crippen molar-refractivity contribution in [2.24, 2.45) is 5.10 Å². The van der Waals surface area contributed by atoms with Gasteiger partial charge >= 0.3 is 0 Å². The summed E-state index contributed by atoms with van der Waals surface area (Å²) in [4.78, 5) is 24.6. The number of hydrazone groups is 1. The highest BCUT2D eigenvalue weighted by molar-refractivity contribution is 6.44. The normalized spacial score (nSPS) is 14.3. The quantitative estimate of drug-likeness (QED) is 0.929. The number of rotatable bonds is 3. The van der Waals surface area contributed by atoms with E-state index >= 15 is 0 Å². The highest BCUT2D eigenvalue weighted by Crippen LogP contribution is 2.22. The van der Waals surface area contributed by atoms with Gasteiger partial charge in [0.15, 0.2) is 0 Å². The molecule has 2 amide bonds. The van der Waals surface area contributed by atoms with E-state index in [1.165, 1.54) is 17.1 Å². The second kappa shape index (κ2) is 6.84. The van der Waals surface area contributed by atoms with Crippen molar-refractivity contribution in [2.75, 3.05) is 10.3 Å². The minimum Gasteiger partial charge on any atom is -0.321 e. The van der Waals surface area contributed by atoms with Gasteiger partial charge in [-0.2, -0.15) is 5.10 Å². The van der Waals surface area contributed by atoms with Crippen molar-refractivity contribution in [3.8, 4) is 0 Å². The van der Waals surface area contributed by atoms with E-state index in [4.69, 9.17) is 0 Å². The van der Waals surface area contributed by atoms with Gasteiger partial charge in [-0.15, -0.1) is 0 Å². The molecule has 0 atom stereocenters. The first-order valence-electron chi connectivity index (χ1n) is 7.98. The molecule has 0 radical (unpaired) electrons. The van der Waals surface area contributed by atoms with Gasteiger partial charge in [-0.05, 0) is 49.2 Å². The molecule has 0 aliphatic carbocycles. The summed E-state index contributed by atoms with van der Waals surface area (Å²) in [6.07, 6.45) is 0.448. The van der Waals surface area contributed by atoms with Crippen molar-refractivity contribution in [1.82, 2.24) is 0 Å². The van der Waals surface area contributed by atoms with Crippen LogP contribution in [-0.2, 0) is 9.59 Å². The molecule has 3 rings (SSSR count). The van der Waals surface area contributed by atoms with Crippen LogP contribution in [0.3, 0.4) is 0 Å². The zero-order valence-corrected chi connectivity index (χ0v) is 14.0. The second-order valence-electron chi connectivity index (χ2n) is 6.00. The summed E-state index contributed by atoms with van der Waals surface area (Å²) >= 11 is 0. The Labute approximate surface area is 145 Å². The molecule has 0 spiro atoms. The Morgan fingerprint density at radius 3 is 2.72 bits per heavy atom. The number of carbonyl (C=O) groups excluding carboxylic acids is 2. The third-order valence-electron chi connectivity index (χ3n) is 3.99. The number of halogens is 1. The number of benzene rings is 2. The molecule has 1 aliphatic heterocycles. The standard InChI is InChI=1S/C19H18FN3O2/c1-12-4-3-5-15(10-12)23-18(24)9-8-16(22-23)19(25)21-17-11-14(20)7-6-13(17)2/h3-7,10-11H,8-9H2,1-2H3,(H,21,25). The maximum absolute atomic E-state index is 13.4. The molecule has 0 saturated heterocycles. The lowest BCUT2D eigenvalue weighted by Gasteiger charge is -2.23. The van der Waals surface area contributed by atoms with Gasteiger partial charge in [-0.3, -0.25) is 9.59 Å². The van der Waals surface area contributed by atoms with Crippen LogP contribution < -0.4 is 10.3 Å². The van der Waals surface area contributed by atoms with Crippen molar-refractivity contribution in [1.29, 1.82) is 0 Å². The Balaban J connectivity index is 1.86. The Morgan fingerprint density at radius 1 is 1.16 bits per heavy atom. The van der Waals surface area contributed by atoms with Gasteiger partial charge in [0.05, 0.1) is 5.69 Å². The van der Waals surface area contributed by atoms with Gasteiger partial charge in [0, 0.05) is 18.5 Å². The van der Waals surface area contributed by atoms with E-state index in [9.17, 15) is 14.0 Å². The number of nitrogens with one attached hydrogen (secondary N) is 1. The third kappa shape index (κ3) is 3.74. The van der Waals surface area contributed by atoms with E-state index in [1.807, 2.05) is 25.1 Å². The molecule has 2 aromatic carbocycles. The predicted molar refractivity (Wildman–Crippen MR) is 95.1 cm³/mol. The van der Waals surface area contributed by atoms with E-state index in [0.29, 0.717) is 11.4 Å². The first-order chi connectivity index (χ1) is 11.9. The van der Waals surface area contributed by atoms with Crippen molar-refractivity contribution in [2.45, 2.75) is 26.7 Å². The van der Waals surface area contributed by atoms with Crippen molar-refractivity contribution < 1.29 is 14.0 Å². The Bertz CT molecular complexity index is 877. The van der Waals surface area contributed by atoms with Gasteiger partial charge in [-0.1, -0.05) is 18.2 Å². The first-order valence-corrected chi connectivity index (χ1v) is 7.98. The van der Waals surface area contributed by atoms with Gasteiger partial charge in [0.25, 0.3) is 5.91 Å². The van der Waals surface area contributed by atoms with Crippen LogP contribution in [0.1, 0.15) is 24.0 Å². The van der Waals surface area contributed by atoms with Crippen LogP contribution in [0.5, 0.6) is 0 Å². The van der Waals surface area contributed by atoms with Gasteiger partial charge in [0.1, 0.15) is 11.5 Å². The molecule has 6 heteroatoms. The summed E-state index contributed by atoms with van der Waals surface area (Å²) in [6.45, 7) is 3.70. The van der Waals surface area contributed by atoms with Crippen LogP contribution in [0.15, 0.2) is 47.6 Å². The zero-order valence-electron chi connectivity index (χ0n) is 14.0. The largest absolute Gasteiger partial charge is 0.321 e. The van der Waals surface area contributed by atoms with Crippen LogP contribution >= 0.6 is 0 Å². The number of amides is 2. The van der Waals surface area contributed by atoms with Crippen molar-refractivity contribution >= 4 is 28.9 Å². The maximum atomic E-state index is 13.4. The molecule has 0 saturated carbocycles. The minimum atomic E-state index is -0.432. The molecular formula is C19H18FN3O2. The lowest BCUT2D eigenvalue weighted by atomic mass is 10.1. The highest BCUT2D eigenvalue weighted by Gasteiger charge is 2.26. The van der Waals surface area contributed by atoms with E-state index in [2.05, 4.69) is 10.4 Å². The van der Waals surface area contributed by atoms with Gasteiger partial charge in [0.2, 0.25) is 5.91 Å². The van der Waals surface area contributed by atoms with Crippen LogP contribution in [0, 0.1) is 19.7 Å². The number of nitrogens with zero attached hydrogens (tertiary/aromatic N) is 2. The highest BCUT2D eigenvalue weighted by atomic mass is 19.1. The Hall–Kier alpha value is -3.02. The molecule has 0 unspecified atom stereocenters.